The molecule has 5 nitrogen and oxygen atoms in total. The second kappa shape index (κ2) is 4.87. The third-order valence-corrected chi connectivity index (χ3v) is 3.96. The monoisotopic (exact) mass is 292 g/mol. The van der Waals surface area contributed by atoms with Crippen molar-refractivity contribution in [3.05, 3.63) is 48.3 Å². The fourth-order valence-corrected chi connectivity index (χ4v) is 2.57. The van der Waals surface area contributed by atoms with E-state index in [1.807, 2.05) is 36.5 Å². The van der Waals surface area contributed by atoms with E-state index < -0.39 is 0 Å². The number of nitrogens with zero attached hydrogens (tertiary/aromatic N) is 1. The van der Waals surface area contributed by atoms with Crippen molar-refractivity contribution >= 4 is 22.6 Å². The van der Waals surface area contributed by atoms with Crippen molar-refractivity contribution in [2.45, 2.75) is 18.9 Å². The number of nitrogens with two attached hydrogens (primary N) is 1. The van der Waals surface area contributed by atoms with Gasteiger partial charge in [0.25, 0.3) is 5.91 Å². The fourth-order valence-electron chi connectivity index (χ4n) is 2.57. The molecule has 3 aromatic rings. The third kappa shape index (κ3) is 2.30. The van der Waals surface area contributed by atoms with Crippen LogP contribution in [-0.2, 0) is 0 Å². The first-order valence-electron chi connectivity index (χ1n) is 7.34. The Bertz CT molecular complexity index is 847. The van der Waals surface area contributed by atoms with Crippen molar-refractivity contribution in [1.29, 1.82) is 0 Å². The Morgan fingerprint density at radius 1 is 1.27 bits per heavy atom. The molecule has 1 aliphatic rings. The molecule has 1 aromatic carbocycles. The van der Waals surface area contributed by atoms with Gasteiger partial charge in [0, 0.05) is 28.8 Å². The lowest BCUT2D eigenvalue weighted by atomic mass is 10.0. The molecule has 110 valence electrons. The summed E-state index contributed by atoms with van der Waals surface area (Å²) >= 11 is 0. The molecule has 4 N–H and O–H groups in total. The van der Waals surface area contributed by atoms with Gasteiger partial charge in [-0.3, -0.25) is 4.79 Å². The number of hydrogen-bond acceptors (Lipinski definition) is 3. The van der Waals surface area contributed by atoms with E-state index in [-0.39, 0.29) is 5.91 Å². The van der Waals surface area contributed by atoms with Crippen molar-refractivity contribution in [1.82, 2.24) is 15.3 Å². The zero-order chi connectivity index (χ0) is 15.1. The highest BCUT2D eigenvalue weighted by Crippen LogP contribution is 2.29. The number of pyridine rings is 1. The molecule has 0 atom stereocenters. The first kappa shape index (κ1) is 12.9. The van der Waals surface area contributed by atoms with Gasteiger partial charge in [-0.1, -0.05) is 12.1 Å². The number of aromatic nitrogens is 2. The van der Waals surface area contributed by atoms with Gasteiger partial charge in [-0.05, 0) is 36.6 Å². The van der Waals surface area contributed by atoms with Gasteiger partial charge in [-0.2, -0.15) is 0 Å². The molecular formula is C17H16N4O. The van der Waals surface area contributed by atoms with Crippen LogP contribution in [0, 0.1) is 0 Å². The van der Waals surface area contributed by atoms with E-state index in [4.69, 9.17) is 5.73 Å². The quantitative estimate of drug-likeness (QED) is 0.694. The van der Waals surface area contributed by atoms with E-state index in [9.17, 15) is 4.79 Å². The van der Waals surface area contributed by atoms with Crippen molar-refractivity contribution in [3.63, 3.8) is 0 Å². The number of fused-ring (bicyclic) bond motifs is 1. The molecule has 1 fully saturated rings. The van der Waals surface area contributed by atoms with Crippen LogP contribution >= 0.6 is 0 Å². The number of rotatable bonds is 3. The van der Waals surface area contributed by atoms with E-state index in [0.29, 0.717) is 17.4 Å². The largest absolute Gasteiger partial charge is 0.384 e. The van der Waals surface area contributed by atoms with Gasteiger partial charge < -0.3 is 16.0 Å². The molecule has 0 bridgehead atoms. The van der Waals surface area contributed by atoms with Gasteiger partial charge in [0.2, 0.25) is 0 Å². The number of nitrogen functional groups attached to an aromatic ring is 1. The lowest BCUT2D eigenvalue weighted by Crippen LogP contribution is -2.25. The minimum Gasteiger partial charge on any atom is -0.384 e. The molecule has 0 aliphatic heterocycles. The number of hydrogen-bond donors (Lipinski definition) is 3. The Labute approximate surface area is 127 Å². The smallest absolute Gasteiger partial charge is 0.251 e. The summed E-state index contributed by atoms with van der Waals surface area (Å²) in [5.74, 6) is 0.496. The Morgan fingerprint density at radius 3 is 2.77 bits per heavy atom. The first-order chi connectivity index (χ1) is 10.7. The molecule has 4 rings (SSSR count). The van der Waals surface area contributed by atoms with Crippen LogP contribution in [0.2, 0.25) is 0 Å². The second-order valence-electron chi connectivity index (χ2n) is 5.68. The highest BCUT2D eigenvalue weighted by molar-refractivity contribution is 5.98. The van der Waals surface area contributed by atoms with Crippen LogP contribution in [-0.4, -0.2) is 21.9 Å². The number of carbonyl (C=O) groups excluding carboxylic acids is 1. The topological polar surface area (TPSA) is 83.8 Å². The van der Waals surface area contributed by atoms with Crippen LogP contribution < -0.4 is 11.1 Å². The summed E-state index contributed by atoms with van der Waals surface area (Å²) in [4.78, 5) is 19.3. The average molecular weight is 292 g/mol. The van der Waals surface area contributed by atoms with Gasteiger partial charge in [-0.25, -0.2) is 4.98 Å². The molecule has 22 heavy (non-hydrogen) atoms. The van der Waals surface area contributed by atoms with Crippen LogP contribution in [0.15, 0.2) is 42.7 Å². The summed E-state index contributed by atoms with van der Waals surface area (Å²) in [6.45, 7) is 0. The van der Waals surface area contributed by atoms with E-state index in [0.717, 1.165) is 34.9 Å². The number of carbonyl (C=O) groups is 1. The van der Waals surface area contributed by atoms with Crippen LogP contribution in [0.1, 0.15) is 23.2 Å². The summed E-state index contributed by atoms with van der Waals surface area (Å²) in [6, 6.07) is 9.86. The number of anilines is 1. The molecule has 0 radical (unpaired) electrons. The van der Waals surface area contributed by atoms with Gasteiger partial charge >= 0.3 is 0 Å². The average Bonchev–Trinajstić information content (AvgIpc) is 3.24. The lowest BCUT2D eigenvalue weighted by Gasteiger charge is -2.05. The normalized spacial score (nSPS) is 14.2. The number of benzene rings is 1. The third-order valence-electron chi connectivity index (χ3n) is 3.96. The predicted molar refractivity (Wildman–Crippen MR) is 86.4 cm³/mol. The maximum Gasteiger partial charge on any atom is 0.251 e. The van der Waals surface area contributed by atoms with Crippen LogP contribution in [0.3, 0.4) is 0 Å². The minimum atomic E-state index is 0.00132. The van der Waals surface area contributed by atoms with Crippen LogP contribution in [0.25, 0.3) is 22.0 Å². The zero-order valence-electron chi connectivity index (χ0n) is 12.0. The van der Waals surface area contributed by atoms with Gasteiger partial charge in [0.15, 0.2) is 0 Å². The summed E-state index contributed by atoms with van der Waals surface area (Å²) < 4.78 is 0. The van der Waals surface area contributed by atoms with Crippen LogP contribution in [0.5, 0.6) is 0 Å². The number of aromatic amines is 1. The molecule has 1 saturated carbocycles. The molecule has 0 spiro atoms. The van der Waals surface area contributed by atoms with Crippen molar-refractivity contribution < 1.29 is 4.79 Å². The highest BCUT2D eigenvalue weighted by atomic mass is 16.1. The van der Waals surface area contributed by atoms with Gasteiger partial charge in [0.1, 0.15) is 5.82 Å². The Hall–Kier alpha value is -2.82. The molecule has 2 heterocycles. The number of nitrogens with one attached hydrogen (secondary N) is 2. The Balaban J connectivity index is 1.66. The zero-order valence-corrected chi connectivity index (χ0v) is 12.0. The first-order valence-corrected chi connectivity index (χ1v) is 7.34. The SMILES string of the molecule is Nc1cc2c(-c3ccc(C(=O)NC4CC4)cc3)c[nH]c2cn1. The lowest BCUT2D eigenvalue weighted by molar-refractivity contribution is 0.0951. The molecule has 1 aliphatic carbocycles. The second-order valence-corrected chi connectivity index (χ2v) is 5.68. The molecular weight excluding hydrogens is 276 g/mol. The van der Waals surface area contributed by atoms with Crippen molar-refractivity contribution in [2.24, 2.45) is 0 Å². The number of amides is 1. The number of H-pyrrole nitrogens is 1. The van der Waals surface area contributed by atoms with E-state index in [2.05, 4.69) is 15.3 Å². The van der Waals surface area contributed by atoms with Crippen molar-refractivity contribution in [2.75, 3.05) is 5.73 Å². The minimum absolute atomic E-state index is 0.00132. The molecule has 2 aromatic heterocycles. The van der Waals surface area contributed by atoms with Crippen molar-refractivity contribution in [3.8, 4) is 11.1 Å². The summed E-state index contributed by atoms with van der Waals surface area (Å²) in [5, 5.41) is 4.02. The highest BCUT2D eigenvalue weighted by Gasteiger charge is 2.23. The Kier molecular flexibility index (Phi) is 2.85. The van der Waals surface area contributed by atoms with E-state index in [1.165, 1.54) is 0 Å². The van der Waals surface area contributed by atoms with E-state index in [1.54, 1.807) is 6.20 Å². The summed E-state index contributed by atoms with van der Waals surface area (Å²) in [6.07, 6.45) is 5.85. The Morgan fingerprint density at radius 2 is 2.05 bits per heavy atom. The standard InChI is InChI=1S/C17H16N4O/c18-16-7-13-14(8-19-15(13)9-20-16)10-1-3-11(4-2-10)17(22)21-12-5-6-12/h1-4,7-9,12,19H,5-6H2,(H2,18,20)(H,21,22). The van der Waals surface area contributed by atoms with Gasteiger partial charge in [0.05, 0.1) is 11.7 Å². The molecule has 5 heteroatoms. The van der Waals surface area contributed by atoms with E-state index >= 15 is 0 Å². The maximum atomic E-state index is 12.0. The molecule has 1 amide bonds. The maximum absolute atomic E-state index is 12.0. The molecule has 0 unspecified atom stereocenters. The summed E-state index contributed by atoms with van der Waals surface area (Å²) in [7, 11) is 0. The summed E-state index contributed by atoms with van der Waals surface area (Å²) in [5.41, 5.74) is 9.50. The van der Waals surface area contributed by atoms with Crippen LogP contribution in [0.4, 0.5) is 5.82 Å². The fraction of sp³-hybridized carbons (Fsp3) is 0.176. The predicted octanol–water partition coefficient (Wildman–Crippen LogP) is 2.70. The van der Waals surface area contributed by atoms with Gasteiger partial charge in [-0.15, -0.1) is 0 Å². The molecule has 0 saturated heterocycles.